The van der Waals surface area contributed by atoms with Crippen LogP contribution in [0.1, 0.15) is 24.0 Å². The fraction of sp³-hybridized carbons (Fsp3) is 0.471. The summed E-state index contributed by atoms with van der Waals surface area (Å²) in [7, 11) is 4.49. The molecule has 0 atom stereocenters. The number of aryl methyl sites for hydroxylation is 2. The van der Waals surface area contributed by atoms with E-state index in [0.717, 1.165) is 12.8 Å². The molecule has 2 aliphatic heterocycles. The topological polar surface area (TPSA) is 13.0 Å². The van der Waals surface area contributed by atoms with Crippen LogP contribution in [0, 0.1) is 0 Å². The molecule has 200 valence electrons. The Hall–Kier alpha value is -2.50. The van der Waals surface area contributed by atoms with E-state index in [9.17, 15) is 0 Å². The third-order valence-electron chi connectivity index (χ3n) is 9.11. The van der Waals surface area contributed by atoms with E-state index in [1.165, 1.54) is 111 Å². The van der Waals surface area contributed by atoms with Gasteiger partial charge in [-0.1, -0.05) is 48.5 Å². The zero-order valence-corrected chi connectivity index (χ0v) is 23.5. The van der Waals surface area contributed by atoms with E-state index in [-0.39, 0.29) is 0 Å². The highest BCUT2D eigenvalue weighted by atomic mass is 15.2. The third kappa shape index (κ3) is 5.60. The molecule has 2 fully saturated rings. The minimum absolute atomic E-state index is 1.14. The molecule has 0 radical (unpaired) electrons. The van der Waals surface area contributed by atoms with E-state index in [4.69, 9.17) is 0 Å². The SMILES string of the molecule is CN1CCN(CCCc2c3ccccc3c(CCCN3CCN(C)CC3)c3cc4ccccc4cc23)CC1. The van der Waals surface area contributed by atoms with Crippen molar-refractivity contribution >= 4 is 32.3 Å². The zero-order valence-electron chi connectivity index (χ0n) is 23.5. The summed E-state index contributed by atoms with van der Waals surface area (Å²) >= 11 is 0. The minimum Gasteiger partial charge on any atom is -0.304 e. The second kappa shape index (κ2) is 11.7. The summed E-state index contributed by atoms with van der Waals surface area (Å²) in [4.78, 5) is 10.2. The van der Waals surface area contributed by atoms with Crippen LogP contribution in [0.4, 0.5) is 0 Å². The molecule has 0 spiro atoms. The molecule has 0 unspecified atom stereocenters. The molecule has 0 N–H and O–H groups in total. The first-order valence-corrected chi connectivity index (χ1v) is 14.8. The lowest BCUT2D eigenvalue weighted by atomic mass is 9.86. The molecule has 2 aliphatic rings. The number of piperazine rings is 2. The van der Waals surface area contributed by atoms with Crippen LogP contribution >= 0.6 is 0 Å². The van der Waals surface area contributed by atoms with Gasteiger partial charge < -0.3 is 19.6 Å². The average Bonchev–Trinajstić information content (AvgIpc) is 2.95. The fourth-order valence-electron chi connectivity index (χ4n) is 6.68. The van der Waals surface area contributed by atoms with Gasteiger partial charge in [-0.05, 0) is 108 Å². The molecule has 4 heteroatoms. The van der Waals surface area contributed by atoms with Crippen molar-refractivity contribution in [2.24, 2.45) is 0 Å². The number of benzene rings is 4. The van der Waals surface area contributed by atoms with Crippen molar-refractivity contribution in [2.45, 2.75) is 25.7 Å². The highest BCUT2D eigenvalue weighted by molar-refractivity contribution is 6.10. The number of hydrogen-bond acceptors (Lipinski definition) is 4. The van der Waals surface area contributed by atoms with Crippen LogP contribution in [-0.4, -0.2) is 99.1 Å². The van der Waals surface area contributed by atoms with Crippen molar-refractivity contribution in [2.75, 3.05) is 79.5 Å². The summed E-state index contributed by atoms with van der Waals surface area (Å²) in [5, 5.41) is 8.63. The van der Waals surface area contributed by atoms with Crippen molar-refractivity contribution in [3.63, 3.8) is 0 Å². The Morgan fingerprint density at radius 1 is 0.500 bits per heavy atom. The second-order valence-corrected chi connectivity index (χ2v) is 11.7. The number of rotatable bonds is 8. The third-order valence-corrected chi connectivity index (χ3v) is 9.11. The van der Waals surface area contributed by atoms with Gasteiger partial charge in [0, 0.05) is 52.4 Å². The van der Waals surface area contributed by atoms with Crippen LogP contribution in [0.25, 0.3) is 32.3 Å². The summed E-state index contributed by atoms with van der Waals surface area (Å²) in [6.45, 7) is 12.0. The van der Waals surface area contributed by atoms with Crippen molar-refractivity contribution in [1.29, 1.82) is 0 Å². The first kappa shape index (κ1) is 25.8. The summed E-state index contributed by atoms with van der Waals surface area (Å²) in [5.74, 6) is 0. The first-order chi connectivity index (χ1) is 18.7. The monoisotopic (exact) mass is 508 g/mol. The Bertz CT molecular complexity index is 1270. The van der Waals surface area contributed by atoms with Gasteiger partial charge in [-0.2, -0.15) is 0 Å². The molecular weight excluding hydrogens is 464 g/mol. The molecule has 0 saturated carbocycles. The van der Waals surface area contributed by atoms with Crippen LogP contribution in [0.2, 0.25) is 0 Å². The predicted octanol–water partition coefficient (Wildman–Crippen LogP) is 5.51. The number of fused-ring (bicyclic) bond motifs is 3. The van der Waals surface area contributed by atoms with Gasteiger partial charge in [0.2, 0.25) is 0 Å². The van der Waals surface area contributed by atoms with Crippen molar-refractivity contribution in [3.8, 4) is 0 Å². The normalized spacial score (nSPS) is 18.7. The smallest absolute Gasteiger partial charge is 0.0110 e. The van der Waals surface area contributed by atoms with Gasteiger partial charge in [0.15, 0.2) is 0 Å². The Kier molecular flexibility index (Phi) is 7.94. The van der Waals surface area contributed by atoms with Gasteiger partial charge >= 0.3 is 0 Å². The van der Waals surface area contributed by atoms with Gasteiger partial charge in [0.1, 0.15) is 0 Å². The summed E-state index contributed by atoms with van der Waals surface area (Å²) in [6.07, 6.45) is 4.73. The minimum atomic E-state index is 1.14. The molecule has 0 aliphatic carbocycles. The van der Waals surface area contributed by atoms with Gasteiger partial charge in [-0.3, -0.25) is 0 Å². The quantitative estimate of drug-likeness (QED) is 0.291. The summed E-state index contributed by atoms with van der Waals surface area (Å²) in [5.41, 5.74) is 3.11. The number of nitrogens with zero attached hydrogens (tertiary/aromatic N) is 4. The highest BCUT2D eigenvalue weighted by Crippen LogP contribution is 2.37. The molecular formula is C34H44N4. The largest absolute Gasteiger partial charge is 0.304 e. The second-order valence-electron chi connectivity index (χ2n) is 11.7. The molecule has 2 heterocycles. The van der Waals surface area contributed by atoms with Crippen LogP contribution in [0.15, 0.2) is 60.7 Å². The highest BCUT2D eigenvalue weighted by Gasteiger charge is 2.18. The maximum atomic E-state index is 2.66. The van der Waals surface area contributed by atoms with E-state index in [2.05, 4.69) is 94.4 Å². The van der Waals surface area contributed by atoms with E-state index in [0.29, 0.717) is 0 Å². The lowest BCUT2D eigenvalue weighted by Crippen LogP contribution is -2.44. The Balaban J connectivity index is 1.33. The maximum Gasteiger partial charge on any atom is 0.0110 e. The molecule has 2 saturated heterocycles. The molecule has 38 heavy (non-hydrogen) atoms. The van der Waals surface area contributed by atoms with Gasteiger partial charge in [-0.25, -0.2) is 0 Å². The fourth-order valence-corrected chi connectivity index (χ4v) is 6.68. The zero-order chi connectivity index (χ0) is 25.9. The molecule has 4 aromatic rings. The Morgan fingerprint density at radius 3 is 1.32 bits per heavy atom. The lowest BCUT2D eigenvalue weighted by Gasteiger charge is -2.32. The summed E-state index contributed by atoms with van der Waals surface area (Å²) < 4.78 is 0. The standard InChI is InChI=1S/C34H44N4/c1-35-17-21-37(22-18-35)15-7-13-31-29-11-5-6-12-30(29)32(14-8-16-38-23-19-36(2)20-24-38)34-26-28-10-4-3-9-27(28)25-33(31)34/h3-6,9-12,25-26H,7-8,13-24H2,1-2H3. The lowest BCUT2D eigenvalue weighted by molar-refractivity contribution is 0.153. The summed E-state index contributed by atoms with van der Waals surface area (Å²) in [6, 6.07) is 23.2. The molecule has 4 aromatic carbocycles. The Labute approximate surface area is 228 Å². The first-order valence-electron chi connectivity index (χ1n) is 14.8. The van der Waals surface area contributed by atoms with Crippen LogP contribution in [-0.2, 0) is 12.8 Å². The molecule has 4 nitrogen and oxygen atoms in total. The molecule has 6 rings (SSSR count). The van der Waals surface area contributed by atoms with E-state index in [1.807, 2.05) is 0 Å². The van der Waals surface area contributed by atoms with Crippen molar-refractivity contribution in [1.82, 2.24) is 19.6 Å². The van der Waals surface area contributed by atoms with Crippen LogP contribution < -0.4 is 0 Å². The molecule has 0 amide bonds. The van der Waals surface area contributed by atoms with Crippen LogP contribution in [0.3, 0.4) is 0 Å². The van der Waals surface area contributed by atoms with Crippen molar-refractivity contribution < 1.29 is 0 Å². The number of hydrogen-bond donors (Lipinski definition) is 0. The predicted molar refractivity (Wildman–Crippen MR) is 163 cm³/mol. The van der Waals surface area contributed by atoms with Gasteiger partial charge in [0.05, 0.1) is 0 Å². The Morgan fingerprint density at radius 2 is 0.895 bits per heavy atom. The van der Waals surface area contributed by atoms with E-state index >= 15 is 0 Å². The van der Waals surface area contributed by atoms with E-state index in [1.54, 1.807) is 11.1 Å². The van der Waals surface area contributed by atoms with Gasteiger partial charge in [0.25, 0.3) is 0 Å². The number of likely N-dealkylation sites (N-methyl/N-ethyl adjacent to an activating group) is 2. The molecule has 0 bridgehead atoms. The molecule has 0 aromatic heterocycles. The van der Waals surface area contributed by atoms with Crippen LogP contribution in [0.5, 0.6) is 0 Å². The maximum absolute atomic E-state index is 2.66. The average molecular weight is 509 g/mol. The van der Waals surface area contributed by atoms with Gasteiger partial charge in [-0.15, -0.1) is 0 Å². The van der Waals surface area contributed by atoms with E-state index < -0.39 is 0 Å². The van der Waals surface area contributed by atoms with Crippen molar-refractivity contribution in [3.05, 3.63) is 71.8 Å².